The molecule has 0 saturated heterocycles. The Morgan fingerprint density at radius 1 is 0.947 bits per heavy atom. The Morgan fingerprint density at radius 3 is 2.26 bits per heavy atom. The Kier molecular flexibility index (Phi) is 6.26. The van der Waals surface area contributed by atoms with Crippen LogP contribution in [-0.4, -0.2) is 41.6 Å². The van der Waals surface area contributed by atoms with Gasteiger partial charge in [0.25, 0.3) is 0 Å². The maximum absolute atomic E-state index is 13.5. The molecule has 10 heteroatoms. The number of hydrogen-bond acceptors (Lipinski definition) is 5. The number of methoxy groups -OCH3 is 3. The van der Waals surface area contributed by atoms with E-state index in [1.165, 1.54) is 27.4 Å². The van der Waals surface area contributed by atoms with Gasteiger partial charge < -0.3 is 23.8 Å². The summed E-state index contributed by atoms with van der Waals surface area (Å²) in [5, 5.41) is 0.736. The standard InChI is InChI=1S/C28H24F3N3O4/c1-5-34-14-19(27-32-20-8-7-17(28(29,30)31)13-21(20)33-27)18-10-15(6-9-22(18)34)25(35)16-11-23(36-2)26(38-4)24(12-16)37-3/h6-14H,5H2,1-4H3,(H,32,33). The maximum Gasteiger partial charge on any atom is 0.416 e. The summed E-state index contributed by atoms with van der Waals surface area (Å²) in [7, 11) is 4.43. The summed E-state index contributed by atoms with van der Waals surface area (Å²) < 4.78 is 57.7. The van der Waals surface area contributed by atoms with E-state index in [1.54, 1.807) is 24.3 Å². The van der Waals surface area contributed by atoms with Crippen LogP contribution < -0.4 is 14.2 Å². The quantitative estimate of drug-likeness (QED) is 0.247. The summed E-state index contributed by atoms with van der Waals surface area (Å²) in [6.45, 7) is 2.63. The maximum atomic E-state index is 13.5. The summed E-state index contributed by atoms with van der Waals surface area (Å²) in [5.41, 5.74) is 2.23. The largest absolute Gasteiger partial charge is 0.493 e. The Labute approximate surface area is 215 Å². The van der Waals surface area contributed by atoms with E-state index in [0.717, 1.165) is 23.0 Å². The molecule has 0 aliphatic rings. The number of halogens is 3. The lowest BCUT2D eigenvalue weighted by molar-refractivity contribution is -0.137. The number of alkyl halides is 3. The highest BCUT2D eigenvalue weighted by Crippen LogP contribution is 2.39. The molecule has 2 heterocycles. The normalized spacial score (nSPS) is 11.8. The molecule has 7 nitrogen and oxygen atoms in total. The number of ether oxygens (including phenoxy) is 3. The van der Waals surface area contributed by atoms with Crippen LogP contribution in [0.2, 0.25) is 0 Å². The van der Waals surface area contributed by atoms with Gasteiger partial charge in [0.1, 0.15) is 5.82 Å². The molecule has 0 bridgehead atoms. The van der Waals surface area contributed by atoms with Crippen LogP contribution in [0, 0.1) is 0 Å². The number of nitrogens with one attached hydrogen (secondary N) is 1. The zero-order valence-corrected chi connectivity index (χ0v) is 21.1. The van der Waals surface area contributed by atoms with Crippen molar-refractivity contribution >= 4 is 27.7 Å². The van der Waals surface area contributed by atoms with Crippen molar-refractivity contribution in [3.63, 3.8) is 0 Å². The van der Waals surface area contributed by atoms with Gasteiger partial charge in [-0.05, 0) is 55.5 Å². The van der Waals surface area contributed by atoms with Crippen LogP contribution in [-0.2, 0) is 12.7 Å². The van der Waals surface area contributed by atoms with Gasteiger partial charge in [-0.15, -0.1) is 0 Å². The number of benzene rings is 3. The molecular weight excluding hydrogens is 499 g/mol. The predicted molar refractivity (Wildman–Crippen MR) is 137 cm³/mol. The van der Waals surface area contributed by atoms with Crippen molar-refractivity contribution in [3.05, 3.63) is 71.4 Å². The van der Waals surface area contributed by atoms with Crippen molar-refractivity contribution in [1.29, 1.82) is 0 Å². The number of carbonyl (C=O) groups is 1. The number of aromatic nitrogens is 3. The van der Waals surface area contributed by atoms with Crippen molar-refractivity contribution in [1.82, 2.24) is 14.5 Å². The Morgan fingerprint density at radius 2 is 1.66 bits per heavy atom. The molecule has 0 aliphatic heterocycles. The number of H-pyrrole nitrogens is 1. The van der Waals surface area contributed by atoms with Gasteiger partial charge in [0, 0.05) is 40.3 Å². The first-order valence-electron chi connectivity index (χ1n) is 11.7. The minimum atomic E-state index is -4.46. The van der Waals surface area contributed by atoms with Crippen molar-refractivity contribution in [3.8, 4) is 28.6 Å². The van der Waals surface area contributed by atoms with Crippen LogP contribution >= 0.6 is 0 Å². The fourth-order valence-electron chi connectivity index (χ4n) is 4.58. The first-order chi connectivity index (χ1) is 18.2. The molecule has 5 rings (SSSR count). The molecule has 0 spiro atoms. The van der Waals surface area contributed by atoms with Crippen LogP contribution in [0.25, 0.3) is 33.3 Å². The third-order valence-corrected chi connectivity index (χ3v) is 6.48. The second-order valence-corrected chi connectivity index (χ2v) is 8.62. The number of hydrogen-bond donors (Lipinski definition) is 1. The third-order valence-electron chi connectivity index (χ3n) is 6.48. The Bertz CT molecular complexity index is 1660. The number of rotatable bonds is 7. The van der Waals surface area contributed by atoms with E-state index in [2.05, 4.69) is 9.97 Å². The molecule has 196 valence electrons. The summed E-state index contributed by atoms with van der Waals surface area (Å²) >= 11 is 0. The van der Waals surface area contributed by atoms with Crippen LogP contribution in [0.15, 0.2) is 54.7 Å². The van der Waals surface area contributed by atoms with E-state index in [1.807, 2.05) is 23.8 Å². The number of ketones is 1. The van der Waals surface area contributed by atoms with Gasteiger partial charge in [-0.2, -0.15) is 13.2 Å². The van der Waals surface area contributed by atoms with Gasteiger partial charge in [0.05, 0.1) is 37.9 Å². The highest BCUT2D eigenvalue weighted by Gasteiger charge is 2.31. The van der Waals surface area contributed by atoms with Gasteiger partial charge in [-0.25, -0.2) is 4.98 Å². The molecule has 5 aromatic rings. The second-order valence-electron chi connectivity index (χ2n) is 8.62. The monoisotopic (exact) mass is 523 g/mol. The lowest BCUT2D eigenvalue weighted by atomic mass is 10.00. The van der Waals surface area contributed by atoms with Crippen LogP contribution in [0.4, 0.5) is 13.2 Å². The zero-order chi connectivity index (χ0) is 27.2. The Hall–Kier alpha value is -4.47. The molecule has 0 fully saturated rings. The third kappa shape index (κ3) is 4.21. The predicted octanol–water partition coefficient (Wildman–Crippen LogP) is 6.48. The average Bonchev–Trinajstić information content (AvgIpc) is 3.51. The molecule has 2 aromatic heterocycles. The molecule has 0 atom stereocenters. The van der Waals surface area contributed by atoms with Crippen molar-refractivity contribution in [2.45, 2.75) is 19.6 Å². The fraction of sp³-hybridized carbons (Fsp3) is 0.214. The van der Waals surface area contributed by atoms with E-state index in [-0.39, 0.29) is 11.3 Å². The van der Waals surface area contributed by atoms with Crippen LogP contribution in [0.5, 0.6) is 17.2 Å². The fourth-order valence-corrected chi connectivity index (χ4v) is 4.58. The molecule has 0 aliphatic carbocycles. The van der Waals surface area contributed by atoms with Crippen LogP contribution in [0.3, 0.4) is 0 Å². The molecular formula is C28H24F3N3O4. The van der Waals surface area contributed by atoms with Gasteiger partial charge in [-0.3, -0.25) is 4.79 Å². The Balaban J connectivity index is 1.63. The minimum absolute atomic E-state index is 0.263. The van der Waals surface area contributed by atoms with Crippen molar-refractivity contribution < 1.29 is 32.2 Å². The second kappa shape index (κ2) is 9.44. The van der Waals surface area contributed by atoms with Gasteiger partial charge in [0.15, 0.2) is 17.3 Å². The number of nitrogens with zero attached hydrogens (tertiary/aromatic N) is 2. The number of aromatic amines is 1. The molecule has 0 radical (unpaired) electrons. The summed E-state index contributed by atoms with van der Waals surface area (Å²) in [6, 6.07) is 11.9. The first kappa shape index (κ1) is 25.2. The van der Waals surface area contributed by atoms with Gasteiger partial charge in [0.2, 0.25) is 5.75 Å². The highest BCUT2D eigenvalue weighted by atomic mass is 19.4. The van der Waals surface area contributed by atoms with E-state index >= 15 is 0 Å². The molecule has 0 saturated carbocycles. The van der Waals surface area contributed by atoms with Crippen LogP contribution in [0.1, 0.15) is 28.4 Å². The SMILES string of the molecule is CCn1cc(-c2nc3ccc(C(F)(F)F)cc3[nH]2)c2cc(C(=O)c3cc(OC)c(OC)c(OC)c3)ccc21. The summed E-state index contributed by atoms with van der Waals surface area (Å²) in [5.74, 6) is 1.24. The highest BCUT2D eigenvalue weighted by molar-refractivity contribution is 6.12. The van der Waals surface area contributed by atoms with Crippen molar-refractivity contribution in [2.75, 3.05) is 21.3 Å². The summed E-state index contributed by atoms with van der Waals surface area (Å²) in [6.07, 6.45) is -2.58. The number of carbonyl (C=O) groups excluding carboxylic acids is 1. The van der Waals surface area contributed by atoms with Crippen molar-refractivity contribution in [2.24, 2.45) is 0 Å². The van der Waals surface area contributed by atoms with Gasteiger partial charge >= 0.3 is 6.18 Å². The minimum Gasteiger partial charge on any atom is -0.493 e. The molecule has 0 amide bonds. The number of imidazole rings is 1. The average molecular weight is 524 g/mol. The molecule has 0 unspecified atom stereocenters. The molecule has 3 aromatic carbocycles. The number of aryl methyl sites for hydroxylation is 1. The smallest absolute Gasteiger partial charge is 0.416 e. The first-order valence-corrected chi connectivity index (χ1v) is 11.7. The topological polar surface area (TPSA) is 78.4 Å². The molecule has 38 heavy (non-hydrogen) atoms. The lowest BCUT2D eigenvalue weighted by Gasteiger charge is -2.14. The van der Waals surface area contributed by atoms with E-state index in [9.17, 15) is 18.0 Å². The zero-order valence-electron chi connectivity index (χ0n) is 21.1. The number of fused-ring (bicyclic) bond motifs is 2. The summed E-state index contributed by atoms with van der Waals surface area (Å²) in [4.78, 5) is 21.1. The molecule has 1 N–H and O–H groups in total. The lowest BCUT2D eigenvalue weighted by Crippen LogP contribution is -2.04. The van der Waals surface area contributed by atoms with E-state index in [0.29, 0.717) is 51.8 Å². The van der Waals surface area contributed by atoms with E-state index < -0.39 is 11.7 Å². The van der Waals surface area contributed by atoms with Gasteiger partial charge in [-0.1, -0.05) is 0 Å². The van der Waals surface area contributed by atoms with E-state index in [4.69, 9.17) is 14.2 Å².